The van der Waals surface area contributed by atoms with Gasteiger partial charge in [0.2, 0.25) is 5.91 Å². The average Bonchev–Trinajstić information content (AvgIpc) is 3.02. The van der Waals surface area contributed by atoms with Crippen LogP contribution in [0.15, 0.2) is 0 Å². The van der Waals surface area contributed by atoms with Gasteiger partial charge in [0.1, 0.15) is 5.78 Å². The number of hydrogen-bond donors (Lipinski definition) is 1. The zero-order chi connectivity index (χ0) is 10.8. The molecule has 1 saturated heterocycles. The molecule has 1 heterocycles. The van der Waals surface area contributed by atoms with E-state index < -0.39 is 0 Å². The Balaban J connectivity index is 1.80. The minimum Gasteiger partial charge on any atom is -0.352 e. The zero-order valence-corrected chi connectivity index (χ0v) is 9.16. The Kier molecular flexibility index (Phi) is 3.05. The Morgan fingerprint density at radius 3 is 2.53 bits per heavy atom. The molecule has 1 aliphatic carbocycles. The van der Waals surface area contributed by atoms with Crippen LogP contribution in [0.2, 0.25) is 0 Å². The third-order valence-corrected chi connectivity index (χ3v) is 3.21. The molecular formula is C11H18N2O2. The van der Waals surface area contributed by atoms with Crippen molar-refractivity contribution in [1.82, 2.24) is 10.2 Å². The molecular weight excluding hydrogens is 192 g/mol. The van der Waals surface area contributed by atoms with Crippen LogP contribution in [-0.4, -0.2) is 41.8 Å². The molecule has 0 radical (unpaired) electrons. The molecule has 1 saturated carbocycles. The maximum absolute atomic E-state index is 11.7. The van der Waals surface area contributed by atoms with Crippen molar-refractivity contribution in [2.24, 2.45) is 0 Å². The molecule has 0 aromatic heterocycles. The fourth-order valence-electron chi connectivity index (χ4n) is 1.88. The van der Waals surface area contributed by atoms with Gasteiger partial charge in [-0.05, 0) is 19.8 Å². The highest BCUT2D eigenvalue weighted by molar-refractivity contribution is 5.83. The van der Waals surface area contributed by atoms with Gasteiger partial charge in [-0.3, -0.25) is 14.5 Å². The molecule has 0 spiro atoms. The molecule has 84 valence electrons. The molecule has 1 atom stereocenters. The molecule has 15 heavy (non-hydrogen) atoms. The number of nitrogens with one attached hydrogen (secondary N) is 1. The number of likely N-dealkylation sites (tertiary alicyclic amines) is 1. The van der Waals surface area contributed by atoms with Crippen molar-refractivity contribution >= 4 is 11.7 Å². The van der Waals surface area contributed by atoms with Crippen molar-refractivity contribution < 1.29 is 9.59 Å². The molecule has 2 rings (SSSR count). The number of nitrogens with zero attached hydrogens (tertiary/aromatic N) is 1. The summed E-state index contributed by atoms with van der Waals surface area (Å²) < 4.78 is 0. The van der Waals surface area contributed by atoms with Crippen LogP contribution in [0.25, 0.3) is 0 Å². The van der Waals surface area contributed by atoms with E-state index in [0.717, 1.165) is 25.9 Å². The third-order valence-electron chi connectivity index (χ3n) is 3.21. The van der Waals surface area contributed by atoms with Crippen LogP contribution in [0.5, 0.6) is 0 Å². The Morgan fingerprint density at radius 2 is 2.00 bits per heavy atom. The van der Waals surface area contributed by atoms with Crippen molar-refractivity contribution in [3.05, 3.63) is 0 Å². The summed E-state index contributed by atoms with van der Waals surface area (Å²) in [5, 5.41) is 3.00. The van der Waals surface area contributed by atoms with Crippen LogP contribution in [0.1, 0.15) is 32.6 Å². The van der Waals surface area contributed by atoms with Gasteiger partial charge in [-0.25, -0.2) is 0 Å². The van der Waals surface area contributed by atoms with Crippen molar-refractivity contribution in [2.75, 3.05) is 13.1 Å². The first-order valence-electron chi connectivity index (χ1n) is 5.73. The van der Waals surface area contributed by atoms with Crippen LogP contribution >= 0.6 is 0 Å². The summed E-state index contributed by atoms with van der Waals surface area (Å²) in [6, 6.07) is 0.338. The zero-order valence-electron chi connectivity index (χ0n) is 9.16. The fraction of sp³-hybridized carbons (Fsp3) is 0.818. The summed E-state index contributed by atoms with van der Waals surface area (Å²) in [5.74, 6) is 0.438. The van der Waals surface area contributed by atoms with Crippen molar-refractivity contribution in [1.29, 1.82) is 0 Å². The van der Waals surface area contributed by atoms with E-state index in [9.17, 15) is 9.59 Å². The minimum atomic E-state index is -0.0845. The standard InChI is InChI=1S/C11H18N2O2/c1-8(11(15)12-9-2-3-9)13-6-4-10(14)5-7-13/h8-9H,2-7H2,1H3,(H,12,15). The second-order valence-electron chi connectivity index (χ2n) is 4.53. The topological polar surface area (TPSA) is 49.4 Å². The highest BCUT2D eigenvalue weighted by Gasteiger charge is 2.29. The van der Waals surface area contributed by atoms with Gasteiger partial charge in [-0.15, -0.1) is 0 Å². The monoisotopic (exact) mass is 210 g/mol. The van der Waals surface area contributed by atoms with E-state index in [-0.39, 0.29) is 11.9 Å². The fourth-order valence-corrected chi connectivity index (χ4v) is 1.88. The summed E-state index contributed by atoms with van der Waals surface area (Å²) in [4.78, 5) is 24.9. The molecule has 1 unspecified atom stereocenters. The first kappa shape index (κ1) is 10.6. The predicted octanol–water partition coefficient (Wildman–Crippen LogP) is 0.318. The number of amides is 1. The van der Waals surface area contributed by atoms with Gasteiger partial charge in [-0.2, -0.15) is 0 Å². The maximum atomic E-state index is 11.7. The van der Waals surface area contributed by atoms with E-state index in [1.165, 1.54) is 0 Å². The molecule has 1 amide bonds. The molecule has 0 aromatic carbocycles. The van der Waals surface area contributed by atoms with Gasteiger partial charge in [-0.1, -0.05) is 0 Å². The third kappa shape index (κ3) is 2.78. The summed E-state index contributed by atoms with van der Waals surface area (Å²) in [6.07, 6.45) is 3.44. The Morgan fingerprint density at radius 1 is 1.40 bits per heavy atom. The van der Waals surface area contributed by atoms with Gasteiger partial charge in [0.15, 0.2) is 0 Å². The lowest BCUT2D eigenvalue weighted by Crippen LogP contribution is -2.48. The summed E-state index contributed by atoms with van der Waals surface area (Å²) in [7, 11) is 0. The van der Waals surface area contributed by atoms with Crippen LogP contribution in [-0.2, 0) is 9.59 Å². The van der Waals surface area contributed by atoms with Gasteiger partial charge in [0.25, 0.3) is 0 Å². The maximum Gasteiger partial charge on any atom is 0.237 e. The lowest BCUT2D eigenvalue weighted by molar-refractivity contribution is -0.129. The smallest absolute Gasteiger partial charge is 0.237 e. The van der Waals surface area contributed by atoms with E-state index in [4.69, 9.17) is 0 Å². The van der Waals surface area contributed by atoms with E-state index in [2.05, 4.69) is 10.2 Å². The van der Waals surface area contributed by atoms with E-state index in [1.54, 1.807) is 0 Å². The molecule has 0 aromatic rings. The average molecular weight is 210 g/mol. The highest BCUT2D eigenvalue weighted by Crippen LogP contribution is 2.19. The highest BCUT2D eigenvalue weighted by atomic mass is 16.2. The largest absolute Gasteiger partial charge is 0.352 e. The van der Waals surface area contributed by atoms with E-state index in [0.29, 0.717) is 24.7 Å². The van der Waals surface area contributed by atoms with Gasteiger partial charge < -0.3 is 5.32 Å². The molecule has 4 heteroatoms. The molecule has 4 nitrogen and oxygen atoms in total. The first-order chi connectivity index (χ1) is 7.16. The van der Waals surface area contributed by atoms with Crippen molar-refractivity contribution in [2.45, 2.75) is 44.7 Å². The Labute approximate surface area is 90.0 Å². The quantitative estimate of drug-likeness (QED) is 0.729. The number of carbonyl (C=O) groups is 2. The van der Waals surface area contributed by atoms with Gasteiger partial charge >= 0.3 is 0 Å². The summed E-state index contributed by atoms with van der Waals surface area (Å²) in [6.45, 7) is 3.39. The summed E-state index contributed by atoms with van der Waals surface area (Å²) >= 11 is 0. The summed E-state index contributed by atoms with van der Waals surface area (Å²) in [5.41, 5.74) is 0. The minimum absolute atomic E-state index is 0.0845. The molecule has 2 fully saturated rings. The molecule has 1 aliphatic heterocycles. The van der Waals surface area contributed by atoms with E-state index in [1.807, 2.05) is 6.92 Å². The van der Waals surface area contributed by atoms with E-state index >= 15 is 0 Å². The van der Waals surface area contributed by atoms with Crippen LogP contribution in [0.4, 0.5) is 0 Å². The van der Waals surface area contributed by atoms with Crippen LogP contribution in [0.3, 0.4) is 0 Å². The Hall–Kier alpha value is -0.900. The van der Waals surface area contributed by atoms with Crippen molar-refractivity contribution in [3.8, 4) is 0 Å². The predicted molar refractivity (Wildman–Crippen MR) is 56.4 cm³/mol. The number of ketones is 1. The van der Waals surface area contributed by atoms with Gasteiger partial charge in [0.05, 0.1) is 6.04 Å². The van der Waals surface area contributed by atoms with Crippen LogP contribution in [0, 0.1) is 0 Å². The molecule has 2 aliphatic rings. The van der Waals surface area contributed by atoms with Gasteiger partial charge in [0, 0.05) is 32.0 Å². The SMILES string of the molecule is CC(C(=O)NC1CC1)N1CCC(=O)CC1. The first-order valence-corrected chi connectivity index (χ1v) is 5.73. The Bertz CT molecular complexity index is 264. The number of piperidine rings is 1. The second kappa shape index (κ2) is 4.31. The van der Waals surface area contributed by atoms with Crippen LogP contribution < -0.4 is 5.32 Å². The second-order valence-corrected chi connectivity index (χ2v) is 4.53. The molecule has 1 N–H and O–H groups in total. The normalized spacial score (nSPS) is 25.0. The molecule has 0 bridgehead atoms. The lowest BCUT2D eigenvalue weighted by Gasteiger charge is -2.30. The number of carbonyl (C=O) groups excluding carboxylic acids is 2. The lowest BCUT2D eigenvalue weighted by atomic mass is 10.1. The number of rotatable bonds is 3. The number of Topliss-reactive ketones (excluding diaryl/α,β-unsaturated/α-hetero) is 1. The van der Waals surface area contributed by atoms with Crippen molar-refractivity contribution in [3.63, 3.8) is 0 Å². The number of hydrogen-bond acceptors (Lipinski definition) is 3.